The highest BCUT2D eigenvalue weighted by molar-refractivity contribution is 5.28. The van der Waals surface area contributed by atoms with Crippen LogP contribution in [0.1, 0.15) is 33.1 Å². The van der Waals surface area contributed by atoms with Gasteiger partial charge in [-0.05, 0) is 54.8 Å². The minimum absolute atomic E-state index is 0. The first-order valence-corrected chi connectivity index (χ1v) is 4.42. The second-order valence-corrected chi connectivity index (χ2v) is 4.73. The zero-order valence-electron chi connectivity index (χ0n) is 5.64. The van der Waals surface area contributed by atoms with Crippen LogP contribution in [0.3, 0.4) is 0 Å². The summed E-state index contributed by atoms with van der Waals surface area (Å²) in [4.78, 5) is 0. The molecule has 10 heavy (non-hydrogen) atoms. The largest absolute Gasteiger partial charge is 0.0776 e. The lowest BCUT2D eigenvalue weighted by atomic mass is 9.18. The highest BCUT2D eigenvalue weighted by Gasteiger charge is 2.80. The van der Waals surface area contributed by atoms with Gasteiger partial charge >= 0.3 is 0 Å². The molecule has 4 rings (SSSR count). The highest BCUT2D eigenvalue weighted by atomic mass is 14.8. The summed E-state index contributed by atoms with van der Waals surface area (Å²) in [5.74, 6) is 5.00. The number of hydrogen-bond acceptors (Lipinski definition) is 0. The summed E-state index contributed by atoms with van der Waals surface area (Å²) in [5, 5.41) is 0. The van der Waals surface area contributed by atoms with E-state index < -0.39 is 0 Å². The quantitative estimate of drug-likeness (QED) is 0.480. The minimum atomic E-state index is 0. The van der Waals surface area contributed by atoms with E-state index in [1.54, 1.807) is 25.7 Å². The molecule has 0 aromatic rings. The first-order valence-electron chi connectivity index (χ1n) is 4.42. The third-order valence-corrected chi connectivity index (χ3v) is 5.10. The number of rotatable bonds is 0. The van der Waals surface area contributed by atoms with E-state index in [1.807, 2.05) is 0 Å². The standard InChI is InChI=1S/C9H12.CH4/c1-5-2-7-4-8-3-6(1)9(5,7)8;/h5-8H,1-4H2;1H4. The Hall–Kier alpha value is 0. The first-order chi connectivity index (χ1) is 4.42. The van der Waals surface area contributed by atoms with Gasteiger partial charge in [-0.15, -0.1) is 0 Å². The van der Waals surface area contributed by atoms with Crippen LogP contribution in [0.2, 0.25) is 0 Å². The third kappa shape index (κ3) is 0.245. The van der Waals surface area contributed by atoms with Crippen LogP contribution in [0.15, 0.2) is 0 Å². The molecule has 56 valence electrons. The SMILES string of the molecule is C.C1C2CC3CC4CC1C234. The molecule has 0 aliphatic heterocycles. The summed E-state index contributed by atoms with van der Waals surface area (Å²) < 4.78 is 0. The van der Waals surface area contributed by atoms with Crippen LogP contribution in [-0.2, 0) is 0 Å². The zero-order chi connectivity index (χ0) is 5.64. The third-order valence-electron chi connectivity index (χ3n) is 5.10. The Balaban J connectivity index is 0.000000360. The van der Waals surface area contributed by atoms with E-state index in [4.69, 9.17) is 0 Å². The molecule has 0 N–H and O–H groups in total. The van der Waals surface area contributed by atoms with Crippen molar-refractivity contribution in [3.8, 4) is 0 Å². The van der Waals surface area contributed by atoms with Crippen molar-refractivity contribution in [3.05, 3.63) is 0 Å². The Bertz CT molecular complexity index is 141. The molecule has 0 nitrogen and oxygen atoms in total. The van der Waals surface area contributed by atoms with Gasteiger partial charge in [0.2, 0.25) is 0 Å². The van der Waals surface area contributed by atoms with E-state index in [0.717, 1.165) is 5.41 Å². The Morgan fingerprint density at radius 3 is 1.10 bits per heavy atom. The van der Waals surface area contributed by atoms with Crippen molar-refractivity contribution in [1.82, 2.24) is 0 Å². The molecular formula is C10H16. The maximum atomic E-state index is 1.63. The van der Waals surface area contributed by atoms with Crippen molar-refractivity contribution >= 4 is 0 Å². The van der Waals surface area contributed by atoms with Crippen LogP contribution in [-0.4, -0.2) is 0 Å². The zero-order valence-corrected chi connectivity index (χ0v) is 5.64. The van der Waals surface area contributed by atoms with Crippen LogP contribution in [0, 0.1) is 29.1 Å². The monoisotopic (exact) mass is 136 g/mol. The fraction of sp³-hybridized carbons (Fsp3) is 1.00. The van der Waals surface area contributed by atoms with Gasteiger partial charge in [0, 0.05) is 0 Å². The van der Waals surface area contributed by atoms with E-state index in [1.165, 1.54) is 23.7 Å². The summed E-state index contributed by atoms with van der Waals surface area (Å²) in [7, 11) is 0. The van der Waals surface area contributed by atoms with Crippen LogP contribution in [0.5, 0.6) is 0 Å². The topological polar surface area (TPSA) is 0 Å². The normalized spacial score (nSPS) is 72.0. The Labute approximate surface area is 63.0 Å². The smallest absolute Gasteiger partial charge is 0.0183 e. The average Bonchev–Trinajstić information content (AvgIpc) is 1.54. The van der Waals surface area contributed by atoms with Crippen molar-refractivity contribution in [3.63, 3.8) is 0 Å². The van der Waals surface area contributed by atoms with Gasteiger partial charge in [-0.25, -0.2) is 0 Å². The summed E-state index contributed by atoms with van der Waals surface area (Å²) >= 11 is 0. The van der Waals surface area contributed by atoms with Crippen LogP contribution in [0.25, 0.3) is 0 Å². The van der Waals surface area contributed by atoms with Gasteiger partial charge in [0.05, 0.1) is 0 Å². The second kappa shape index (κ2) is 1.19. The summed E-state index contributed by atoms with van der Waals surface area (Å²) in [6.45, 7) is 0. The lowest BCUT2D eigenvalue weighted by Crippen LogP contribution is -2.79. The molecule has 4 aliphatic rings. The van der Waals surface area contributed by atoms with Gasteiger partial charge in [0.1, 0.15) is 0 Å². The molecule has 0 radical (unpaired) electrons. The van der Waals surface area contributed by atoms with Gasteiger partial charge in [-0.2, -0.15) is 0 Å². The summed E-state index contributed by atoms with van der Waals surface area (Å²) in [6.07, 6.45) is 6.53. The van der Waals surface area contributed by atoms with Gasteiger partial charge in [0.15, 0.2) is 0 Å². The molecule has 0 unspecified atom stereocenters. The van der Waals surface area contributed by atoms with E-state index in [9.17, 15) is 0 Å². The molecule has 0 heterocycles. The molecule has 4 saturated carbocycles. The summed E-state index contributed by atoms with van der Waals surface area (Å²) in [6, 6.07) is 0. The highest BCUT2D eigenvalue weighted by Crippen LogP contribution is 2.87. The molecule has 0 bridgehead atoms. The van der Waals surface area contributed by atoms with Crippen molar-refractivity contribution in [2.75, 3.05) is 0 Å². The fourth-order valence-corrected chi connectivity index (χ4v) is 4.75. The van der Waals surface area contributed by atoms with Crippen molar-refractivity contribution in [2.24, 2.45) is 29.1 Å². The lowest BCUT2D eigenvalue weighted by Gasteiger charge is -2.86. The van der Waals surface area contributed by atoms with E-state index in [-0.39, 0.29) is 7.43 Å². The van der Waals surface area contributed by atoms with Gasteiger partial charge < -0.3 is 0 Å². The second-order valence-electron chi connectivity index (χ2n) is 4.73. The molecule has 0 heteroatoms. The molecule has 4 aliphatic carbocycles. The molecule has 0 saturated heterocycles. The van der Waals surface area contributed by atoms with Crippen molar-refractivity contribution in [2.45, 2.75) is 33.1 Å². The minimum Gasteiger partial charge on any atom is -0.0776 e. The molecular weight excluding hydrogens is 120 g/mol. The van der Waals surface area contributed by atoms with Crippen LogP contribution >= 0.6 is 0 Å². The van der Waals surface area contributed by atoms with Gasteiger partial charge in [0.25, 0.3) is 0 Å². The number of hydrogen-bond donors (Lipinski definition) is 0. The Kier molecular flexibility index (Phi) is 0.669. The molecule has 0 amide bonds. The average molecular weight is 136 g/mol. The lowest BCUT2D eigenvalue weighted by molar-refractivity contribution is -0.376. The molecule has 0 atom stereocenters. The molecule has 1 spiro atoms. The fourth-order valence-electron chi connectivity index (χ4n) is 4.75. The van der Waals surface area contributed by atoms with Crippen LogP contribution in [0.4, 0.5) is 0 Å². The molecule has 0 aromatic carbocycles. The first kappa shape index (κ1) is 5.62. The van der Waals surface area contributed by atoms with Crippen molar-refractivity contribution < 1.29 is 0 Å². The summed E-state index contributed by atoms with van der Waals surface area (Å²) in [5.41, 5.74) is 1.06. The van der Waals surface area contributed by atoms with Gasteiger partial charge in [-0.3, -0.25) is 0 Å². The maximum absolute atomic E-state index is 1.63. The van der Waals surface area contributed by atoms with Crippen LogP contribution < -0.4 is 0 Å². The maximum Gasteiger partial charge on any atom is -0.0183 e. The van der Waals surface area contributed by atoms with E-state index in [0.29, 0.717) is 0 Å². The predicted molar refractivity (Wildman–Crippen MR) is 41.6 cm³/mol. The Morgan fingerprint density at radius 2 is 1.00 bits per heavy atom. The Morgan fingerprint density at radius 1 is 0.700 bits per heavy atom. The van der Waals surface area contributed by atoms with Crippen molar-refractivity contribution in [1.29, 1.82) is 0 Å². The van der Waals surface area contributed by atoms with Gasteiger partial charge in [-0.1, -0.05) is 7.43 Å². The molecule has 4 fully saturated rings. The molecule has 0 aromatic heterocycles. The van der Waals surface area contributed by atoms with E-state index >= 15 is 0 Å². The van der Waals surface area contributed by atoms with E-state index in [2.05, 4.69) is 0 Å². The predicted octanol–water partition coefficient (Wildman–Crippen LogP) is 2.69.